The number of amides is 1. The normalized spacial score (nSPS) is 10.4. The van der Waals surface area contributed by atoms with E-state index in [1.807, 2.05) is 32.0 Å². The number of methoxy groups -OCH3 is 2. The van der Waals surface area contributed by atoms with Crippen molar-refractivity contribution in [3.8, 4) is 11.5 Å². The molecule has 124 valence electrons. The predicted molar refractivity (Wildman–Crippen MR) is 88.0 cm³/mol. The Morgan fingerprint density at radius 1 is 1.26 bits per heavy atom. The first-order valence-electron chi connectivity index (χ1n) is 7.53. The summed E-state index contributed by atoms with van der Waals surface area (Å²) in [6.45, 7) is 4.36. The van der Waals surface area contributed by atoms with Crippen LogP contribution >= 0.6 is 0 Å². The maximum Gasteiger partial charge on any atom is 0.224 e. The summed E-state index contributed by atoms with van der Waals surface area (Å²) in [5.74, 6) is 1.55. The number of benzene rings is 1. The summed E-state index contributed by atoms with van der Waals surface area (Å²) in [5, 5.41) is 9.93. The molecule has 6 nitrogen and oxygen atoms in total. The Morgan fingerprint density at radius 2 is 2.04 bits per heavy atom. The van der Waals surface area contributed by atoms with Crippen molar-refractivity contribution in [2.75, 3.05) is 20.8 Å². The zero-order chi connectivity index (χ0) is 16.8. The van der Waals surface area contributed by atoms with Crippen molar-refractivity contribution in [1.82, 2.24) is 15.5 Å². The second-order valence-electron chi connectivity index (χ2n) is 5.37. The third kappa shape index (κ3) is 4.25. The Balaban J connectivity index is 1.91. The van der Waals surface area contributed by atoms with Crippen LogP contribution in [0.15, 0.2) is 18.2 Å². The molecule has 6 heteroatoms. The molecule has 0 saturated carbocycles. The van der Waals surface area contributed by atoms with Crippen LogP contribution in [-0.4, -0.2) is 36.9 Å². The Hall–Kier alpha value is -2.50. The maximum absolute atomic E-state index is 12.1. The first kappa shape index (κ1) is 16.9. The van der Waals surface area contributed by atoms with Gasteiger partial charge in [0, 0.05) is 17.8 Å². The highest BCUT2D eigenvalue weighted by molar-refractivity contribution is 5.79. The molecule has 1 aromatic carbocycles. The van der Waals surface area contributed by atoms with Crippen LogP contribution in [0.25, 0.3) is 0 Å². The average molecular weight is 317 g/mol. The van der Waals surface area contributed by atoms with E-state index in [1.165, 1.54) is 0 Å². The van der Waals surface area contributed by atoms with Gasteiger partial charge in [0.2, 0.25) is 5.91 Å². The van der Waals surface area contributed by atoms with Gasteiger partial charge in [-0.3, -0.25) is 9.89 Å². The lowest BCUT2D eigenvalue weighted by molar-refractivity contribution is -0.120. The van der Waals surface area contributed by atoms with Crippen LogP contribution in [0.5, 0.6) is 11.5 Å². The molecule has 0 aliphatic carbocycles. The third-order valence-corrected chi connectivity index (χ3v) is 3.82. The van der Waals surface area contributed by atoms with Gasteiger partial charge in [-0.1, -0.05) is 0 Å². The minimum absolute atomic E-state index is 0.0144. The molecule has 1 heterocycles. The van der Waals surface area contributed by atoms with Gasteiger partial charge in [-0.05, 0) is 44.0 Å². The Kier molecular flexibility index (Phi) is 5.62. The van der Waals surface area contributed by atoms with Crippen molar-refractivity contribution in [3.63, 3.8) is 0 Å². The fraction of sp³-hybridized carbons (Fsp3) is 0.412. The number of ether oxygens (including phenoxy) is 2. The molecule has 23 heavy (non-hydrogen) atoms. The van der Waals surface area contributed by atoms with Crippen LogP contribution in [0, 0.1) is 13.8 Å². The summed E-state index contributed by atoms with van der Waals surface area (Å²) in [7, 11) is 3.26. The van der Waals surface area contributed by atoms with Gasteiger partial charge >= 0.3 is 0 Å². The van der Waals surface area contributed by atoms with Crippen LogP contribution < -0.4 is 14.8 Å². The second-order valence-corrected chi connectivity index (χ2v) is 5.37. The van der Waals surface area contributed by atoms with Crippen molar-refractivity contribution >= 4 is 5.91 Å². The number of nitrogens with zero attached hydrogens (tertiary/aromatic N) is 1. The van der Waals surface area contributed by atoms with E-state index in [9.17, 15) is 4.79 Å². The number of hydrogen-bond donors (Lipinski definition) is 2. The number of hydrogen-bond acceptors (Lipinski definition) is 4. The van der Waals surface area contributed by atoms with Gasteiger partial charge < -0.3 is 14.8 Å². The maximum atomic E-state index is 12.1. The zero-order valence-electron chi connectivity index (χ0n) is 14.0. The van der Waals surface area contributed by atoms with E-state index in [-0.39, 0.29) is 5.91 Å². The van der Waals surface area contributed by atoms with E-state index < -0.39 is 0 Å². The molecule has 1 aromatic heterocycles. The van der Waals surface area contributed by atoms with Crippen molar-refractivity contribution in [2.45, 2.75) is 26.7 Å². The summed E-state index contributed by atoms with van der Waals surface area (Å²) in [5.41, 5.74) is 3.77. The molecule has 0 atom stereocenters. The lowest BCUT2D eigenvalue weighted by Crippen LogP contribution is -2.27. The monoisotopic (exact) mass is 317 g/mol. The smallest absolute Gasteiger partial charge is 0.224 e. The van der Waals surface area contributed by atoms with Gasteiger partial charge in [-0.2, -0.15) is 5.10 Å². The van der Waals surface area contributed by atoms with Gasteiger partial charge in [0.05, 0.1) is 26.3 Å². The number of H-pyrrole nitrogens is 1. The van der Waals surface area contributed by atoms with Crippen molar-refractivity contribution < 1.29 is 14.3 Å². The van der Waals surface area contributed by atoms with Crippen molar-refractivity contribution in [3.05, 3.63) is 40.7 Å². The van der Waals surface area contributed by atoms with Crippen LogP contribution in [0.1, 0.15) is 22.5 Å². The fourth-order valence-electron chi connectivity index (χ4n) is 2.47. The van der Waals surface area contributed by atoms with Gasteiger partial charge in [0.15, 0.2) is 0 Å². The summed E-state index contributed by atoms with van der Waals surface area (Å²) < 4.78 is 10.6. The van der Waals surface area contributed by atoms with Crippen LogP contribution in [0.3, 0.4) is 0 Å². The molecule has 1 amide bonds. The van der Waals surface area contributed by atoms with Crippen LogP contribution in [0.2, 0.25) is 0 Å². The van der Waals surface area contributed by atoms with Gasteiger partial charge in [-0.15, -0.1) is 0 Å². The van der Waals surface area contributed by atoms with Crippen molar-refractivity contribution in [1.29, 1.82) is 0 Å². The van der Waals surface area contributed by atoms with Gasteiger partial charge in [-0.25, -0.2) is 0 Å². The number of carbonyl (C=O) groups excluding carboxylic acids is 1. The van der Waals surface area contributed by atoms with E-state index in [4.69, 9.17) is 9.47 Å². The molecule has 0 aliphatic rings. The third-order valence-electron chi connectivity index (χ3n) is 3.82. The molecule has 0 bridgehead atoms. The van der Waals surface area contributed by atoms with E-state index in [0.717, 1.165) is 34.0 Å². The highest BCUT2D eigenvalue weighted by Crippen LogP contribution is 2.24. The summed E-state index contributed by atoms with van der Waals surface area (Å²) in [6.07, 6.45) is 1.01. The number of aryl methyl sites for hydroxylation is 2. The minimum atomic E-state index is -0.0144. The largest absolute Gasteiger partial charge is 0.497 e. The number of nitrogens with one attached hydrogen (secondary N) is 2. The first-order valence-corrected chi connectivity index (χ1v) is 7.53. The quantitative estimate of drug-likeness (QED) is 0.818. The number of rotatable bonds is 7. The summed E-state index contributed by atoms with van der Waals surface area (Å²) >= 11 is 0. The van der Waals surface area contributed by atoms with E-state index in [2.05, 4.69) is 15.5 Å². The molecule has 2 N–H and O–H groups in total. The highest BCUT2D eigenvalue weighted by atomic mass is 16.5. The molecule has 2 aromatic rings. The molecule has 0 unspecified atom stereocenters. The molecule has 0 saturated heterocycles. The SMILES string of the molecule is COc1ccc(OC)c(CCNC(=O)Cc2c(C)n[nH]c2C)c1. The van der Waals surface area contributed by atoms with E-state index in [1.54, 1.807) is 14.2 Å². The molecule has 2 rings (SSSR count). The minimum Gasteiger partial charge on any atom is -0.497 e. The Bertz CT molecular complexity index is 660. The number of aromatic nitrogens is 2. The lowest BCUT2D eigenvalue weighted by atomic mass is 10.1. The molecule has 0 radical (unpaired) electrons. The topological polar surface area (TPSA) is 76.2 Å². The molecular formula is C17H23N3O3. The first-order chi connectivity index (χ1) is 11.0. The Morgan fingerprint density at radius 3 is 2.65 bits per heavy atom. The molecule has 0 aliphatic heterocycles. The van der Waals surface area contributed by atoms with E-state index in [0.29, 0.717) is 19.4 Å². The van der Waals surface area contributed by atoms with Crippen molar-refractivity contribution in [2.24, 2.45) is 0 Å². The standard InChI is InChI=1S/C17H23N3O3/c1-11-15(12(2)20-19-11)10-17(21)18-8-7-13-9-14(22-3)5-6-16(13)23-4/h5-6,9H,7-8,10H2,1-4H3,(H,18,21)(H,19,20). The van der Waals surface area contributed by atoms with E-state index >= 15 is 0 Å². The number of carbonyl (C=O) groups is 1. The predicted octanol–water partition coefficient (Wildman–Crippen LogP) is 1.95. The van der Waals surface area contributed by atoms with Crippen LogP contribution in [0.4, 0.5) is 0 Å². The fourth-order valence-corrected chi connectivity index (χ4v) is 2.47. The molecule has 0 fully saturated rings. The molecular weight excluding hydrogens is 294 g/mol. The number of aromatic amines is 1. The second kappa shape index (κ2) is 7.67. The Labute approximate surface area is 136 Å². The zero-order valence-corrected chi connectivity index (χ0v) is 14.0. The van der Waals surface area contributed by atoms with Gasteiger partial charge in [0.1, 0.15) is 11.5 Å². The average Bonchev–Trinajstić information content (AvgIpc) is 2.86. The van der Waals surface area contributed by atoms with Crippen LogP contribution in [-0.2, 0) is 17.6 Å². The summed E-state index contributed by atoms with van der Waals surface area (Å²) in [4.78, 5) is 12.1. The summed E-state index contributed by atoms with van der Waals surface area (Å²) in [6, 6.07) is 5.65. The highest BCUT2D eigenvalue weighted by Gasteiger charge is 2.11. The molecule has 0 spiro atoms. The van der Waals surface area contributed by atoms with Gasteiger partial charge in [0.25, 0.3) is 0 Å². The lowest BCUT2D eigenvalue weighted by Gasteiger charge is -2.11.